The smallest absolute Gasteiger partial charge is 0.272 e. The average Bonchev–Trinajstić information content (AvgIpc) is 3.62. The Morgan fingerprint density at radius 1 is 0.923 bits per heavy atom. The van der Waals surface area contributed by atoms with E-state index in [0.717, 1.165) is 33.6 Å². The monoisotopic (exact) mass is 513 g/mol. The summed E-state index contributed by atoms with van der Waals surface area (Å²) in [6.45, 7) is 2.44. The van der Waals surface area contributed by atoms with E-state index < -0.39 is 0 Å². The predicted molar refractivity (Wildman–Crippen MR) is 146 cm³/mol. The van der Waals surface area contributed by atoms with Crippen LogP contribution in [-0.4, -0.2) is 66.3 Å². The molecule has 6 rings (SSSR count). The number of rotatable bonds is 4. The van der Waals surface area contributed by atoms with Gasteiger partial charge in [-0.05, 0) is 30.3 Å². The lowest BCUT2D eigenvalue weighted by Gasteiger charge is -2.35. The van der Waals surface area contributed by atoms with Crippen LogP contribution in [0, 0.1) is 23.7 Å². The quantitative estimate of drug-likeness (QED) is 0.340. The maximum absolute atomic E-state index is 12.9. The Labute approximate surface area is 224 Å². The van der Waals surface area contributed by atoms with Crippen molar-refractivity contribution in [2.24, 2.45) is 7.05 Å². The molecule has 0 unspecified atom stereocenters. The summed E-state index contributed by atoms with van der Waals surface area (Å²) in [5, 5.41) is 18.4. The van der Waals surface area contributed by atoms with E-state index in [9.17, 15) is 10.1 Å². The number of piperazine rings is 1. The summed E-state index contributed by atoms with van der Waals surface area (Å²) < 4.78 is 3.48. The van der Waals surface area contributed by atoms with E-state index in [0.29, 0.717) is 43.0 Å². The summed E-state index contributed by atoms with van der Waals surface area (Å²) in [5.74, 6) is 3.24. The number of hydrogen-bond acceptors (Lipinski definition) is 7. The zero-order valence-corrected chi connectivity index (χ0v) is 21.2. The van der Waals surface area contributed by atoms with Gasteiger partial charge >= 0.3 is 0 Å². The van der Waals surface area contributed by atoms with Crippen molar-refractivity contribution in [2.45, 2.75) is 0 Å². The number of fused-ring (bicyclic) bond motifs is 1. The minimum atomic E-state index is -0.104. The number of carbonyl (C=O) groups is 1. The highest BCUT2D eigenvalue weighted by Gasteiger charge is 2.24. The molecule has 6 heterocycles. The minimum Gasteiger partial charge on any atom is -0.353 e. The Kier molecular flexibility index (Phi) is 5.98. The summed E-state index contributed by atoms with van der Waals surface area (Å²) in [6.07, 6.45) is 16.0. The zero-order valence-electron chi connectivity index (χ0n) is 21.2. The second kappa shape index (κ2) is 9.77. The number of aromatic nitrogens is 6. The fourth-order valence-corrected chi connectivity index (χ4v) is 4.79. The largest absolute Gasteiger partial charge is 0.353 e. The van der Waals surface area contributed by atoms with Gasteiger partial charge in [0.1, 0.15) is 17.6 Å². The van der Waals surface area contributed by atoms with E-state index in [1.807, 2.05) is 43.8 Å². The van der Waals surface area contributed by atoms with Crippen LogP contribution in [0.1, 0.15) is 21.6 Å². The molecule has 1 aliphatic rings. The van der Waals surface area contributed by atoms with E-state index in [2.05, 4.69) is 32.1 Å². The molecule has 0 N–H and O–H groups in total. The molecule has 39 heavy (non-hydrogen) atoms. The molecule has 10 heteroatoms. The van der Waals surface area contributed by atoms with Gasteiger partial charge in [-0.2, -0.15) is 15.5 Å². The van der Waals surface area contributed by atoms with Gasteiger partial charge in [0.15, 0.2) is 0 Å². The van der Waals surface area contributed by atoms with E-state index in [1.54, 1.807) is 44.8 Å². The van der Waals surface area contributed by atoms with Gasteiger partial charge in [-0.15, -0.1) is 6.42 Å². The van der Waals surface area contributed by atoms with Gasteiger partial charge < -0.3 is 9.80 Å². The molecule has 0 radical (unpaired) electrons. The second-order valence-corrected chi connectivity index (χ2v) is 9.27. The number of amides is 1. The number of nitrogens with zero attached hydrogens (tertiary/aromatic N) is 9. The highest BCUT2D eigenvalue weighted by molar-refractivity contribution is 5.92. The van der Waals surface area contributed by atoms with Crippen molar-refractivity contribution >= 4 is 17.2 Å². The van der Waals surface area contributed by atoms with Crippen molar-refractivity contribution in [3.8, 4) is 40.7 Å². The molecule has 0 spiro atoms. The summed E-state index contributed by atoms with van der Waals surface area (Å²) in [5.41, 5.74) is 5.89. The summed E-state index contributed by atoms with van der Waals surface area (Å²) in [7, 11) is 1.87. The van der Waals surface area contributed by atoms with Gasteiger partial charge in [0, 0.05) is 85.8 Å². The third kappa shape index (κ3) is 4.45. The third-order valence-corrected chi connectivity index (χ3v) is 6.87. The summed E-state index contributed by atoms with van der Waals surface area (Å²) in [4.78, 5) is 25.8. The fourth-order valence-electron chi connectivity index (χ4n) is 4.79. The third-order valence-electron chi connectivity index (χ3n) is 6.87. The summed E-state index contributed by atoms with van der Waals surface area (Å²) >= 11 is 0. The van der Waals surface area contributed by atoms with Crippen LogP contribution in [0.2, 0.25) is 0 Å². The molecule has 1 saturated heterocycles. The van der Waals surface area contributed by atoms with Crippen LogP contribution in [0.5, 0.6) is 0 Å². The van der Waals surface area contributed by atoms with Crippen LogP contribution in [-0.2, 0) is 7.05 Å². The van der Waals surface area contributed by atoms with Crippen LogP contribution in [0.3, 0.4) is 0 Å². The first kappa shape index (κ1) is 23.9. The molecule has 1 amide bonds. The molecule has 5 aromatic rings. The Morgan fingerprint density at radius 2 is 1.77 bits per heavy atom. The van der Waals surface area contributed by atoms with E-state index in [-0.39, 0.29) is 5.91 Å². The Morgan fingerprint density at radius 3 is 2.41 bits per heavy atom. The lowest BCUT2D eigenvalue weighted by atomic mass is 10.0. The van der Waals surface area contributed by atoms with Crippen LogP contribution in [0.25, 0.3) is 27.8 Å². The molecule has 190 valence electrons. The lowest BCUT2D eigenvalue weighted by Crippen LogP contribution is -2.49. The number of hydrogen-bond donors (Lipinski definition) is 0. The van der Waals surface area contributed by atoms with Crippen LogP contribution in [0.4, 0.5) is 5.82 Å². The molecule has 1 fully saturated rings. The van der Waals surface area contributed by atoms with Crippen molar-refractivity contribution in [3.63, 3.8) is 0 Å². The van der Waals surface area contributed by atoms with Crippen LogP contribution >= 0.6 is 0 Å². The van der Waals surface area contributed by atoms with Crippen molar-refractivity contribution in [1.82, 2.24) is 34.3 Å². The topological polar surface area (TPSA) is 108 Å². The predicted octanol–water partition coefficient (Wildman–Crippen LogP) is 3.01. The standard InChI is InChI=1S/C29H23N9O/c1-3-20-4-6-26(31-14-20)29(39)37-10-8-36(9-11-37)27-7-5-21(15-32-27)25-12-22(24-17-33-35(2)18-24)19-38-28(25)23(13-30)16-34-38/h1,4-7,12,14-19H,8-11H2,2H3. The highest BCUT2D eigenvalue weighted by atomic mass is 16.2. The molecule has 0 bridgehead atoms. The van der Waals surface area contributed by atoms with Gasteiger partial charge in [-0.1, -0.05) is 5.92 Å². The fraction of sp³-hybridized carbons (Fsp3) is 0.172. The van der Waals surface area contributed by atoms with Gasteiger partial charge in [-0.25, -0.2) is 14.5 Å². The molecular formula is C29H23N9O. The SMILES string of the molecule is C#Cc1ccc(C(=O)N2CCN(c3ccc(-c4cc(-c5cnn(C)c5)cn5ncc(C#N)c45)cn3)CC2)nc1. The highest BCUT2D eigenvalue weighted by Crippen LogP contribution is 2.32. The van der Waals surface area contributed by atoms with Crippen molar-refractivity contribution in [2.75, 3.05) is 31.1 Å². The first-order chi connectivity index (χ1) is 19.0. The van der Waals surface area contributed by atoms with Gasteiger partial charge in [0.25, 0.3) is 5.91 Å². The Balaban J connectivity index is 1.22. The van der Waals surface area contributed by atoms with Crippen molar-refractivity contribution in [3.05, 3.63) is 84.3 Å². The van der Waals surface area contributed by atoms with Crippen LogP contribution < -0.4 is 4.90 Å². The molecule has 0 aliphatic carbocycles. The number of nitriles is 1. The number of carbonyl (C=O) groups excluding carboxylic acids is 1. The van der Waals surface area contributed by atoms with E-state index in [4.69, 9.17) is 11.4 Å². The number of pyridine rings is 3. The first-order valence-electron chi connectivity index (χ1n) is 12.4. The maximum atomic E-state index is 12.9. The van der Waals surface area contributed by atoms with Crippen molar-refractivity contribution < 1.29 is 4.79 Å². The average molecular weight is 514 g/mol. The Hall–Kier alpha value is -5.48. The first-order valence-corrected chi connectivity index (χ1v) is 12.4. The number of anilines is 1. The molecule has 0 saturated carbocycles. The Bertz CT molecular complexity index is 1760. The summed E-state index contributed by atoms with van der Waals surface area (Å²) in [6, 6.07) is 11.7. The molecular weight excluding hydrogens is 490 g/mol. The second-order valence-electron chi connectivity index (χ2n) is 9.27. The lowest BCUT2D eigenvalue weighted by molar-refractivity contribution is 0.0740. The van der Waals surface area contributed by atoms with Gasteiger partial charge in [0.2, 0.25) is 0 Å². The van der Waals surface area contributed by atoms with Crippen LogP contribution in [0.15, 0.2) is 67.5 Å². The molecule has 5 aromatic heterocycles. The normalized spacial score (nSPS) is 13.3. The van der Waals surface area contributed by atoms with Crippen molar-refractivity contribution in [1.29, 1.82) is 5.26 Å². The molecule has 1 aliphatic heterocycles. The molecule has 10 nitrogen and oxygen atoms in total. The van der Waals surface area contributed by atoms with Gasteiger partial charge in [-0.3, -0.25) is 9.48 Å². The zero-order chi connectivity index (χ0) is 26.9. The van der Waals surface area contributed by atoms with E-state index in [1.165, 1.54) is 0 Å². The maximum Gasteiger partial charge on any atom is 0.272 e. The number of aryl methyl sites for hydroxylation is 1. The molecule has 0 aromatic carbocycles. The number of terminal acetylenes is 1. The van der Waals surface area contributed by atoms with Gasteiger partial charge in [0.05, 0.1) is 23.5 Å². The van der Waals surface area contributed by atoms with E-state index >= 15 is 0 Å². The molecule has 0 atom stereocenters. The minimum absolute atomic E-state index is 0.104.